The van der Waals surface area contributed by atoms with Gasteiger partial charge in [-0.15, -0.1) is 34.0 Å². The lowest BCUT2D eigenvalue weighted by molar-refractivity contribution is 0.0602. The first kappa shape index (κ1) is 21.4. The highest BCUT2D eigenvalue weighted by Gasteiger charge is 2.23. The van der Waals surface area contributed by atoms with Gasteiger partial charge in [-0.05, 0) is 35.0 Å². The molecular weight excluding hydrogens is 483 g/mol. The average Bonchev–Trinajstić information content (AvgIpc) is 3.47. The molecule has 3 heterocycles. The zero-order valence-corrected chi connectivity index (χ0v) is 18.9. The predicted octanol–water partition coefficient (Wildman–Crippen LogP) is 6.11. The molecule has 0 aliphatic heterocycles. The number of halogens is 2. The van der Waals surface area contributed by atoms with E-state index in [1.54, 1.807) is 35.0 Å². The van der Waals surface area contributed by atoms with Gasteiger partial charge >= 0.3 is 5.97 Å². The highest BCUT2D eigenvalue weighted by Crippen LogP contribution is 2.38. The van der Waals surface area contributed by atoms with Crippen molar-refractivity contribution in [2.75, 3.05) is 17.7 Å². The van der Waals surface area contributed by atoms with Gasteiger partial charge in [0.2, 0.25) is 0 Å². The van der Waals surface area contributed by atoms with Crippen LogP contribution in [0.3, 0.4) is 0 Å². The summed E-state index contributed by atoms with van der Waals surface area (Å²) in [6.07, 6.45) is 0. The Kier molecular flexibility index (Phi) is 6.05. The van der Waals surface area contributed by atoms with E-state index in [9.17, 15) is 18.8 Å². The van der Waals surface area contributed by atoms with Crippen LogP contribution in [-0.4, -0.2) is 24.9 Å². The summed E-state index contributed by atoms with van der Waals surface area (Å²) in [5.41, 5.74) is 0.451. The predicted molar refractivity (Wildman–Crippen MR) is 123 cm³/mol. The van der Waals surface area contributed by atoms with Crippen molar-refractivity contribution in [1.29, 1.82) is 0 Å². The molecule has 4 rings (SSSR count). The molecule has 11 heteroatoms. The van der Waals surface area contributed by atoms with Gasteiger partial charge in [0.05, 0.1) is 23.3 Å². The van der Waals surface area contributed by atoms with Crippen molar-refractivity contribution in [2.45, 2.75) is 0 Å². The number of methoxy groups -OCH3 is 1. The molecule has 6 nitrogen and oxygen atoms in total. The summed E-state index contributed by atoms with van der Waals surface area (Å²) in [6.45, 7) is 0. The Bertz CT molecular complexity index is 1330. The highest BCUT2D eigenvalue weighted by molar-refractivity contribution is 7.22. The van der Waals surface area contributed by atoms with E-state index in [-0.39, 0.29) is 26.4 Å². The summed E-state index contributed by atoms with van der Waals surface area (Å²) in [5, 5.41) is 9.49. The van der Waals surface area contributed by atoms with Crippen LogP contribution >= 0.6 is 45.6 Å². The standard InChI is InChI=1S/C20H12ClFN2O4S3/c1-28-20(27)10-6-8-30-19(10)23-16(25)9-5-7-29-18(9)24-17(26)15-14(21)13-11(22)3-2-4-12(13)31-15/h2-8H,1H3,(H,23,25)(H,24,26). The first-order chi connectivity index (χ1) is 14.9. The number of rotatable bonds is 5. The second-order valence-electron chi connectivity index (χ2n) is 6.08. The number of carbonyl (C=O) groups is 3. The van der Waals surface area contributed by atoms with E-state index in [0.717, 1.165) is 22.7 Å². The third-order valence-corrected chi connectivity index (χ3v) is 7.55. The quantitative estimate of drug-likeness (QED) is 0.328. The summed E-state index contributed by atoms with van der Waals surface area (Å²) in [4.78, 5) is 37.5. The summed E-state index contributed by atoms with van der Waals surface area (Å²) in [5.74, 6) is -2.13. The van der Waals surface area contributed by atoms with Crippen molar-refractivity contribution >= 4 is 83.5 Å². The topological polar surface area (TPSA) is 84.5 Å². The number of nitrogens with one attached hydrogen (secondary N) is 2. The van der Waals surface area contributed by atoms with Gasteiger partial charge in [0.25, 0.3) is 11.8 Å². The van der Waals surface area contributed by atoms with Gasteiger partial charge in [-0.3, -0.25) is 9.59 Å². The number of thiophene rings is 3. The van der Waals surface area contributed by atoms with Crippen LogP contribution in [0.5, 0.6) is 0 Å². The van der Waals surface area contributed by atoms with Gasteiger partial charge in [-0.1, -0.05) is 17.7 Å². The molecule has 0 radical (unpaired) electrons. The van der Waals surface area contributed by atoms with E-state index >= 15 is 0 Å². The van der Waals surface area contributed by atoms with Crippen molar-refractivity contribution in [3.05, 3.63) is 67.9 Å². The molecule has 0 aliphatic carbocycles. The second kappa shape index (κ2) is 8.75. The first-order valence-electron chi connectivity index (χ1n) is 8.63. The molecule has 0 aliphatic rings. The molecule has 2 amide bonds. The maximum atomic E-state index is 14.1. The van der Waals surface area contributed by atoms with Gasteiger partial charge in [-0.25, -0.2) is 9.18 Å². The Hall–Kier alpha value is -2.79. The van der Waals surface area contributed by atoms with Crippen molar-refractivity contribution in [1.82, 2.24) is 0 Å². The Morgan fingerprint density at radius 2 is 1.61 bits per heavy atom. The molecule has 1 aromatic carbocycles. The maximum absolute atomic E-state index is 14.1. The third-order valence-electron chi connectivity index (χ3n) is 4.25. The minimum Gasteiger partial charge on any atom is -0.465 e. The molecule has 2 N–H and O–H groups in total. The van der Waals surface area contributed by atoms with E-state index in [4.69, 9.17) is 16.3 Å². The van der Waals surface area contributed by atoms with Crippen LogP contribution in [0.1, 0.15) is 30.4 Å². The minimum atomic E-state index is -0.568. The third kappa shape index (κ3) is 4.07. The Morgan fingerprint density at radius 3 is 2.29 bits per heavy atom. The molecule has 0 spiro atoms. The van der Waals surface area contributed by atoms with Crippen LogP contribution in [-0.2, 0) is 4.74 Å². The molecule has 3 aromatic heterocycles. The molecule has 31 heavy (non-hydrogen) atoms. The van der Waals surface area contributed by atoms with E-state index in [1.807, 2.05) is 0 Å². The molecule has 0 saturated carbocycles. The zero-order chi connectivity index (χ0) is 22.1. The Labute approximate surface area is 192 Å². The summed E-state index contributed by atoms with van der Waals surface area (Å²) in [6, 6.07) is 7.59. The number of esters is 1. The van der Waals surface area contributed by atoms with Crippen LogP contribution in [0.2, 0.25) is 5.02 Å². The van der Waals surface area contributed by atoms with Crippen molar-refractivity contribution in [3.8, 4) is 0 Å². The first-order valence-corrected chi connectivity index (χ1v) is 11.6. The van der Waals surface area contributed by atoms with E-state index in [0.29, 0.717) is 14.7 Å². The van der Waals surface area contributed by atoms with E-state index in [1.165, 1.54) is 24.5 Å². The van der Waals surface area contributed by atoms with Crippen LogP contribution in [0, 0.1) is 5.82 Å². The van der Waals surface area contributed by atoms with Crippen molar-refractivity contribution in [3.63, 3.8) is 0 Å². The molecule has 0 saturated heterocycles. The average molecular weight is 495 g/mol. The highest BCUT2D eigenvalue weighted by atomic mass is 35.5. The minimum absolute atomic E-state index is 0.0273. The summed E-state index contributed by atoms with van der Waals surface area (Å²) < 4.78 is 19.3. The van der Waals surface area contributed by atoms with Gasteiger partial charge in [-0.2, -0.15) is 0 Å². The van der Waals surface area contributed by atoms with Crippen LogP contribution in [0.15, 0.2) is 41.1 Å². The van der Waals surface area contributed by atoms with Crippen molar-refractivity contribution in [2.24, 2.45) is 0 Å². The van der Waals surface area contributed by atoms with E-state index < -0.39 is 23.6 Å². The SMILES string of the molecule is COC(=O)c1ccsc1NC(=O)c1ccsc1NC(=O)c1sc2cccc(F)c2c1Cl. The van der Waals surface area contributed by atoms with Gasteiger partial charge in [0, 0.05) is 10.1 Å². The maximum Gasteiger partial charge on any atom is 0.340 e. The van der Waals surface area contributed by atoms with Crippen LogP contribution < -0.4 is 10.6 Å². The lowest BCUT2D eigenvalue weighted by Crippen LogP contribution is -2.17. The number of hydrogen-bond donors (Lipinski definition) is 2. The Morgan fingerprint density at radius 1 is 0.968 bits per heavy atom. The lowest BCUT2D eigenvalue weighted by Gasteiger charge is -2.07. The zero-order valence-electron chi connectivity index (χ0n) is 15.7. The van der Waals surface area contributed by atoms with Crippen LogP contribution in [0.4, 0.5) is 14.4 Å². The number of anilines is 2. The number of carbonyl (C=O) groups excluding carboxylic acids is 3. The fourth-order valence-corrected chi connectivity index (χ4v) is 5.81. The normalized spacial score (nSPS) is 10.8. The molecule has 158 valence electrons. The summed E-state index contributed by atoms with van der Waals surface area (Å²) >= 11 is 9.63. The van der Waals surface area contributed by atoms with Gasteiger partial charge in [0.1, 0.15) is 20.7 Å². The molecule has 0 bridgehead atoms. The molecule has 0 atom stereocenters. The van der Waals surface area contributed by atoms with E-state index in [2.05, 4.69) is 10.6 Å². The summed E-state index contributed by atoms with van der Waals surface area (Å²) in [7, 11) is 1.25. The lowest BCUT2D eigenvalue weighted by atomic mass is 10.2. The largest absolute Gasteiger partial charge is 0.465 e. The van der Waals surface area contributed by atoms with Crippen LogP contribution in [0.25, 0.3) is 10.1 Å². The number of hydrogen-bond acceptors (Lipinski definition) is 7. The number of ether oxygens (including phenoxy) is 1. The number of amides is 2. The molecular formula is C20H12ClFN2O4S3. The fourth-order valence-electron chi connectivity index (χ4n) is 2.81. The van der Waals surface area contributed by atoms with Crippen molar-refractivity contribution < 1.29 is 23.5 Å². The smallest absolute Gasteiger partial charge is 0.340 e. The number of fused-ring (bicyclic) bond motifs is 1. The molecule has 4 aromatic rings. The number of benzene rings is 1. The van der Waals surface area contributed by atoms with Gasteiger partial charge < -0.3 is 15.4 Å². The fraction of sp³-hybridized carbons (Fsp3) is 0.0500. The monoisotopic (exact) mass is 494 g/mol. The molecule has 0 unspecified atom stereocenters. The molecule has 0 fully saturated rings. The van der Waals surface area contributed by atoms with Gasteiger partial charge in [0.15, 0.2) is 0 Å². The second-order valence-corrected chi connectivity index (χ2v) is 9.35. The Balaban J connectivity index is 1.57.